The molecule has 1 aliphatic rings. The Labute approximate surface area is 99.8 Å². The van der Waals surface area contributed by atoms with Crippen LogP contribution in [0.3, 0.4) is 0 Å². The first-order valence-corrected chi connectivity index (χ1v) is 5.37. The summed E-state index contributed by atoms with van der Waals surface area (Å²) in [6.07, 6.45) is 5.98. The van der Waals surface area contributed by atoms with E-state index in [1.165, 1.54) is 24.6 Å². The zero-order valence-corrected chi connectivity index (χ0v) is 9.86. The smallest absolute Gasteiger partial charge is 0.339 e. The molecule has 0 bridgehead atoms. The molecule has 1 heterocycles. The summed E-state index contributed by atoms with van der Waals surface area (Å²) < 4.78 is 9.68. The third kappa shape index (κ3) is 3.79. The third-order valence-corrected chi connectivity index (χ3v) is 1.94. The summed E-state index contributed by atoms with van der Waals surface area (Å²) in [4.78, 5) is 22.9. The first-order valence-electron chi connectivity index (χ1n) is 5.37. The highest BCUT2D eigenvalue weighted by Gasteiger charge is 2.12. The van der Waals surface area contributed by atoms with Gasteiger partial charge >= 0.3 is 11.9 Å². The maximum atomic E-state index is 11.4. The van der Waals surface area contributed by atoms with E-state index in [0.717, 1.165) is 0 Å². The Balaban J connectivity index is 2.70. The fourth-order valence-corrected chi connectivity index (χ4v) is 1.18. The topological polar surface area (TPSA) is 64.6 Å². The van der Waals surface area contributed by atoms with Crippen molar-refractivity contribution in [2.45, 2.75) is 13.8 Å². The molecule has 0 saturated carbocycles. The average molecular weight is 237 g/mol. The van der Waals surface area contributed by atoms with Gasteiger partial charge in [-0.2, -0.15) is 0 Å². The van der Waals surface area contributed by atoms with Crippen LogP contribution in [0.4, 0.5) is 0 Å². The summed E-state index contributed by atoms with van der Waals surface area (Å²) in [5.74, 6) is -0.871. The number of carbonyl (C=O) groups is 2. The van der Waals surface area contributed by atoms with Crippen molar-refractivity contribution in [3.8, 4) is 0 Å². The molecule has 0 aromatic rings. The summed E-state index contributed by atoms with van der Waals surface area (Å²) in [6.45, 7) is 4.08. The van der Waals surface area contributed by atoms with E-state index in [1.54, 1.807) is 13.8 Å². The summed E-state index contributed by atoms with van der Waals surface area (Å²) >= 11 is 0. The van der Waals surface area contributed by atoms with Gasteiger partial charge in [0.15, 0.2) is 0 Å². The normalized spacial score (nSPS) is 14.0. The van der Waals surface area contributed by atoms with Crippen molar-refractivity contribution in [1.82, 2.24) is 5.32 Å². The van der Waals surface area contributed by atoms with Gasteiger partial charge in [-0.1, -0.05) is 0 Å². The molecule has 0 radical (unpaired) electrons. The molecule has 0 aromatic heterocycles. The van der Waals surface area contributed by atoms with Gasteiger partial charge in [-0.3, -0.25) is 0 Å². The standard InChI is InChI=1S/C12H15NO4/c1-3-16-11(14)9-5-6-10(8-13-7-9)12(15)17-4-2/h5-8,13H,3-4H2,1-2H3. The Kier molecular flexibility index (Phi) is 5.00. The lowest BCUT2D eigenvalue weighted by molar-refractivity contribution is -0.139. The summed E-state index contributed by atoms with van der Waals surface area (Å²) in [7, 11) is 0. The molecule has 0 saturated heterocycles. The maximum absolute atomic E-state index is 11.4. The molecular weight excluding hydrogens is 222 g/mol. The number of esters is 2. The molecule has 0 spiro atoms. The lowest BCUT2D eigenvalue weighted by atomic mass is 10.2. The lowest BCUT2D eigenvalue weighted by Gasteiger charge is -2.00. The monoisotopic (exact) mass is 237 g/mol. The molecule has 1 rings (SSSR count). The lowest BCUT2D eigenvalue weighted by Crippen LogP contribution is -2.08. The minimum absolute atomic E-state index is 0.308. The molecule has 1 aliphatic heterocycles. The van der Waals surface area contributed by atoms with Crippen LogP contribution >= 0.6 is 0 Å². The Hall–Kier alpha value is -2.04. The second kappa shape index (κ2) is 6.52. The van der Waals surface area contributed by atoms with Crippen molar-refractivity contribution in [2.75, 3.05) is 13.2 Å². The van der Waals surface area contributed by atoms with Gasteiger partial charge in [0.2, 0.25) is 0 Å². The molecule has 17 heavy (non-hydrogen) atoms. The highest BCUT2D eigenvalue weighted by molar-refractivity contribution is 5.95. The van der Waals surface area contributed by atoms with Crippen molar-refractivity contribution >= 4 is 11.9 Å². The van der Waals surface area contributed by atoms with E-state index in [9.17, 15) is 9.59 Å². The first kappa shape index (κ1) is 13.0. The Morgan fingerprint density at radius 2 is 1.41 bits per heavy atom. The number of ether oxygens (including phenoxy) is 2. The minimum Gasteiger partial charge on any atom is -0.462 e. The van der Waals surface area contributed by atoms with Gasteiger partial charge in [0.25, 0.3) is 0 Å². The van der Waals surface area contributed by atoms with Crippen LogP contribution in [-0.2, 0) is 19.1 Å². The summed E-state index contributed by atoms with van der Waals surface area (Å²) in [5, 5.41) is 2.74. The molecule has 0 unspecified atom stereocenters. The van der Waals surface area contributed by atoms with Crippen LogP contribution in [0.1, 0.15) is 13.8 Å². The Morgan fingerprint density at radius 3 is 1.76 bits per heavy atom. The van der Waals surface area contributed by atoms with Gasteiger partial charge < -0.3 is 14.8 Å². The van der Waals surface area contributed by atoms with Crippen LogP contribution in [0.5, 0.6) is 0 Å². The van der Waals surface area contributed by atoms with E-state index in [1.807, 2.05) is 0 Å². The maximum Gasteiger partial charge on any atom is 0.339 e. The molecule has 92 valence electrons. The molecule has 5 heteroatoms. The second-order valence-corrected chi connectivity index (χ2v) is 3.14. The van der Waals surface area contributed by atoms with E-state index in [2.05, 4.69) is 5.32 Å². The van der Waals surface area contributed by atoms with E-state index < -0.39 is 11.9 Å². The largest absolute Gasteiger partial charge is 0.462 e. The van der Waals surface area contributed by atoms with Gasteiger partial charge in [0.05, 0.1) is 24.4 Å². The number of hydrogen-bond acceptors (Lipinski definition) is 5. The van der Waals surface area contributed by atoms with E-state index in [0.29, 0.717) is 24.4 Å². The van der Waals surface area contributed by atoms with Crippen molar-refractivity contribution in [1.29, 1.82) is 0 Å². The van der Waals surface area contributed by atoms with Crippen molar-refractivity contribution in [3.63, 3.8) is 0 Å². The van der Waals surface area contributed by atoms with Gasteiger partial charge in [-0.15, -0.1) is 0 Å². The van der Waals surface area contributed by atoms with Crippen LogP contribution in [0.2, 0.25) is 0 Å². The van der Waals surface area contributed by atoms with Gasteiger partial charge in [0.1, 0.15) is 0 Å². The number of hydrogen-bond donors (Lipinski definition) is 1. The molecule has 0 atom stereocenters. The predicted octanol–water partition coefficient (Wildman–Crippen LogP) is 1.04. The Bertz CT molecular complexity index is 357. The number of carbonyl (C=O) groups excluding carboxylic acids is 2. The Morgan fingerprint density at radius 1 is 1.00 bits per heavy atom. The SMILES string of the molecule is CCOC(=O)C1=CNC=C(C(=O)OCC)C=C1. The number of rotatable bonds is 4. The predicted molar refractivity (Wildman–Crippen MR) is 61.7 cm³/mol. The zero-order chi connectivity index (χ0) is 12.7. The van der Waals surface area contributed by atoms with Crippen LogP contribution in [0.15, 0.2) is 35.7 Å². The quantitative estimate of drug-likeness (QED) is 0.740. The van der Waals surface area contributed by atoms with E-state index >= 15 is 0 Å². The molecule has 1 N–H and O–H groups in total. The van der Waals surface area contributed by atoms with Crippen molar-refractivity contribution in [2.24, 2.45) is 0 Å². The zero-order valence-electron chi connectivity index (χ0n) is 9.86. The number of nitrogens with one attached hydrogen (secondary N) is 1. The highest BCUT2D eigenvalue weighted by Crippen LogP contribution is 2.08. The molecule has 0 fully saturated rings. The van der Waals surface area contributed by atoms with Crippen LogP contribution in [0, 0.1) is 0 Å². The fourth-order valence-electron chi connectivity index (χ4n) is 1.18. The van der Waals surface area contributed by atoms with E-state index in [4.69, 9.17) is 9.47 Å². The van der Waals surface area contributed by atoms with Gasteiger partial charge in [-0.05, 0) is 26.0 Å². The highest BCUT2D eigenvalue weighted by atomic mass is 16.5. The third-order valence-electron chi connectivity index (χ3n) is 1.94. The molecule has 5 nitrogen and oxygen atoms in total. The van der Waals surface area contributed by atoms with Crippen LogP contribution < -0.4 is 5.32 Å². The minimum atomic E-state index is -0.435. The van der Waals surface area contributed by atoms with Gasteiger partial charge in [0, 0.05) is 12.4 Å². The second-order valence-electron chi connectivity index (χ2n) is 3.14. The molecule has 0 aliphatic carbocycles. The van der Waals surface area contributed by atoms with Gasteiger partial charge in [-0.25, -0.2) is 9.59 Å². The summed E-state index contributed by atoms with van der Waals surface area (Å²) in [6, 6.07) is 0. The van der Waals surface area contributed by atoms with Crippen LogP contribution in [-0.4, -0.2) is 25.2 Å². The average Bonchev–Trinajstić information content (AvgIpc) is 2.55. The van der Waals surface area contributed by atoms with Crippen LogP contribution in [0.25, 0.3) is 0 Å². The fraction of sp³-hybridized carbons (Fsp3) is 0.333. The summed E-state index contributed by atoms with van der Waals surface area (Å²) in [5.41, 5.74) is 0.699. The van der Waals surface area contributed by atoms with Crippen molar-refractivity contribution in [3.05, 3.63) is 35.7 Å². The first-order chi connectivity index (χ1) is 8.19. The molecule has 0 amide bonds. The molecular formula is C12H15NO4. The van der Waals surface area contributed by atoms with Crippen molar-refractivity contribution < 1.29 is 19.1 Å². The molecule has 0 aromatic carbocycles. The van der Waals surface area contributed by atoms with E-state index in [-0.39, 0.29) is 0 Å².